The topological polar surface area (TPSA) is 59.9 Å². The monoisotopic (exact) mass is 238 g/mol. The molecule has 1 aromatic rings. The van der Waals surface area contributed by atoms with Gasteiger partial charge in [-0.3, -0.25) is 0 Å². The van der Waals surface area contributed by atoms with E-state index in [1.165, 1.54) is 0 Å². The summed E-state index contributed by atoms with van der Waals surface area (Å²) < 4.78 is 5.44. The van der Waals surface area contributed by atoms with Crippen molar-refractivity contribution in [3.05, 3.63) is 11.4 Å². The van der Waals surface area contributed by atoms with E-state index in [2.05, 4.69) is 34.3 Å². The highest BCUT2D eigenvalue weighted by Gasteiger charge is 2.15. The van der Waals surface area contributed by atoms with E-state index in [1.54, 1.807) is 0 Å². The molecular formula is C12H22N4O. The number of nitrogens with zero attached hydrogens (tertiary/aromatic N) is 3. The Bertz CT molecular complexity index is 354. The van der Waals surface area contributed by atoms with Gasteiger partial charge in [0.2, 0.25) is 5.95 Å². The first kappa shape index (κ1) is 13.8. The van der Waals surface area contributed by atoms with Crippen molar-refractivity contribution in [1.29, 1.82) is 0 Å². The summed E-state index contributed by atoms with van der Waals surface area (Å²) in [6.07, 6.45) is 0. The Morgan fingerprint density at radius 3 is 2.41 bits per heavy atom. The van der Waals surface area contributed by atoms with Crippen LogP contribution in [0.2, 0.25) is 0 Å². The molecule has 1 unspecified atom stereocenters. The zero-order valence-electron chi connectivity index (χ0n) is 11.3. The molecule has 1 heterocycles. The second kappa shape index (κ2) is 6.49. The minimum Gasteiger partial charge on any atom is -0.380 e. The lowest BCUT2D eigenvalue weighted by Crippen LogP contribution is -2.32. The van der Waals surface area contributed by atoms with Crippen LogP contribution in [0.25, 0.3) is 0 Å². The van der Waals surface area contributed by atoms with Crippen LogP contribution in [0.5, 0.6) is 0 Å². The molecule has 1 rings (SSSR count). The lowest BCUT2D eigenvalue weighted by atomic mass is 10.1. The second-order valence-corrected chi connectivity index (χ2v) is 4.46. The number of hydrogen-bond donors (Lipinski definition) is 1. The van der Waals surface area contributed by atoms with Crippen LogP contribution in [0.3, 0.4) is 0 Å². The lowest BCUT2D eigenvalue weighted by molar-refractivity contribution is 0.126. The van der Waals surface area contributed by atoms with Crippen molar-refractivity contribution in [3.63, 3.8) is 0 Å². The van der Waals surface area contributed by atoms with Gasteiger partial charge in [-0.05, 0) is 26.7 Å². The van der Waals surface area contributed by atoms with E-state index in [1.807, 2.05) is 20.8 Å². The molecule has 0 radical (unpaired) electrons. The van der Waals surface area contributed by atoms with Crippen LogP contribution in [0.1, 0.15) is 32.2 Å². The van der Waals surface area contributed by atoms with Crippen molar-refractivity contribution in [2.24, 2.45) is 5.92 Å². The summed E-state index contributed by atoms with van der Waals surface area (Å²) in [6, 6.07) is 0.207. The zero-order valence-corrected chi connectivity index (χ0v) is 11.3. The molecule has 17 heavy (non-hydrogen) atoms. The van der Waals surface area contributed by atoms with Gasteiger partial charge in [-0.1, -0.05) is 13.8 Å². The molecule has 0 aliphatic heterocycles. The van der Waals surface area contributed by atoms with Crippen LogP contribution in [0.4, 0.5) is 5.95 Å². The largest absolute Gasteiger partial charge is 0.380 e. The average molecular weight is 238 g/mol. The summed E-state index contributed by atoms with van der Waals surface area (Å²) in [4.78, 5) is 4.36. The number of nitrogens with one attached hydrogen (secondary N) is 1. The SMILES string of the molecule is CCOCC(Nc1nnc(C)c(C)n1)C(C)C. The van der Waals surface area contributed by atoms with Gasteiger partial charge in [-0.2, -0.15) is 5.10 Å². The number of hydrogen-bond acceptors (Lipinski definition) is 5. The van der Waals surface area contributed by atoms with Crippen LogP contribution in [-0.2, 0) is 4.74 Å². The number of rotatable bonds is 6. The normalized spacial score (nSPS) is 12.8. The van der Waals surface area contributed by atoms with Crippen molar-refractivity contribution in [3.8, 4) is 0 Å². The van der Waals surface area contributed by atoms with Gasteiger partial charge in [-0.25, -0.2) is 4.98 Å². The van der Waals surface area contributed by atoms with Gasteiger partial charge >= 0.3 is 0 Å². The quantitative estimate of drug-likeness (QED) is 0.821. The van der Waals surface area contributed by atoms with Gasteiger partial charge < -0.3 is 10.1 Å². The number of anilines is 1. The molecule has 5 heteroatoms. The molecule has 1 N–H and O–H groups in total. The van der Waals surface area contributed by atoms with Gasteiger partial charge in [-0.15, -0.1) is 5.10 Å². The maximum atomic E-state index is 5.44. The Labute approximate surface area is 103 Å². The maximum Gasteiger partial charge on any atom is 0.243 e. The van der Waals surface area contributed by atoms with Crippen molar-refractivity contribution >= 4 is 5.95 Å². The number of aromatic nitrogens is 3. The Morgan fingerprint density at radius 1 is 1.18 bits per heavy atom. The standard InChI is InChI=1S/C12H22N4O/c1-6-17-7-11(8(2)3)14-12-13-9(4)10(5)15-16-12/h8,11H,6-7H2,1-5H3,(H,13,14,16). The third kappa shape index (κ3) is 4.26. The van der Waals surface area contributed by atoms with E-state index >= 15 is 0 Å². The first-order valence-corrected chi connectivity index (χ1v) is 6.06. The van der Waals surface area contributed by atoms with Crippen LogP contribution < -0.4 is 5.32 Å². The minimum absolute atomic E-state index is 0.207. The summed E-state index contributed by atoms with van der Waals surface area (Å²) in [5.74, 6) is 1.03. The molecule has 0 saturated carbocycles. The van der Waals surface area contributed by atoms with E-state index in [0.29, 0.717) is 18.5 Å². The third-order valence-corrected chi connectivity index (χ3v) is 2.71. The highest BCUT2D eigenvalue weighted by molar-refractivity contribution is 5.26. The van der Waals surface area contributed by atoms with Crippen molar-refractivity contribution in [2.45, 2.75) is 40.7 Å². The fourth-order valence-electron chi connectivity index (χ4n) is 1.33. The summed E-state index contributed by atoms with van der Waals surface area (Å²) in [5.41, 5.74) is 1.77. The van der Waals surface area contributed by atoms with Crippen LogP contribution in [-0.4, -0.2) is 34.4 Å². The van der Waals surface area contributed by atoms with Gasteiger partial charge in [0, 0.05) is 6.61 Å². The van der Waals surface area contributed by atoms with Gasteiger partial charge in [0.15, 0.2) is 0 Å². The molecule has 96 valence electrons. The van der Waals surface area contributed by atoms with Gasteiger partial charge in [0.1, 0.15) is 0 Å². The molecule has 0 fully saturated rings. The third-order valence-electron chi connectivity index (χ3n) is 2.71. The van der Waals surface area contributed by atoms with E-state index in [4.69, 9.17) is 4.74 Å². The second-order valence-electron chi connectivity index (χ2n) is 4.46. The predicted molar refractivity (Wildman–Crippen MR) is 68.0 cm³/mol. The molecule has 0 amide bonds. The fraction of sp³-hybridized carbons (Fsp3) is 0.750. The molecule has 1 atom stereocenters. The highest BCUT2D eigenvalue weighted by atomic mass is 16.5. The van der Waals surface area contributed by atoms with Crippen molar-refractivity contribution < 1.29 is 4.74 Å². The van der Waals surface area contributed by atoms with E-state index in [9.17, 15) is 0 Å². The Morgan fingerprint density at radius 2 is 1.88 bits per heavy atom. The molecule has 0 saturated heterocycles. The highest BCUT2D eigenvalue weighted by Crippen LogP contribution is 2.09. The van der Waals surface area contributed by atoms with Crippen molar-refractivity contribution in [1.82, 2.24) is 15.2 Å². The molecule has 1 aromatic heterocycles. The molecule has 0 spiro atoms. The smallest absolute Gasteiger partial charge is 0.243 e. The van der Waals surface area contributed by atoms with Crippen LogP contribution >= 0.6 is 0 Å². The zero-order chi connectivity index (χ0) is 12.8. The summed E-state index contributed by atoms with van der Waals surface area (Å²) in [7, 11) is 0. The van der Waals surface area contributed by atoms with E-state index in [-0.39, 0.29) is 6.04 Å². The van der Waals surface area contributed by atoms with Crippen LogP contribution in [0.15, 0.2) is 0 Å². The number of aryl methyl sites for hydroxylation is 2. The lowest BCUT2D eigenvalue weighted by Gasteiger charge is -2.21. The van der Waals surface area contributed by atoms with E-state index < -0.39 is 0 Å². The first-order chi connectivity index (χ1) is 8.04. The fourth-order valence-corrected chi connectivity index (χ4v) is 1.33. The predicted octanol–water partition coefficient (Wildman–Crippen LogP) is 1.96. The average Bonchev–Trinajstić information content (AvgIpc) is 2.28. The first-order valence-electron chi connectivity index (χ1n) is 6.06. The minimum atomic E-state index is 0.207. The van der Waals surface area contributed by atoms with E-state index in [0.717, 1.165) is 18.0 Å². The Balaban J connectivity index is 2.68. The molecular weight excluding hydrogens is 216 g/mol. The Kier molecular flexibility index (Phi) is 5.28. The van der Waals surface area contributed by atoms with Crippen molar-refractivity contribution in [2.75, 3.05) is 18.5 Å². The summed E-state index contributed by atoms with van der Waals surface area (Å²) in [5, 5.41) is 11.4. The van der Waals surface area contributed by atoms with Crippen LogP contribution in [0, 0.1) is 19.8 Å². The summed E-state index contributed by atoms with van der Waals surface area (Å²) in [6.45, 7) is 11.5. The van der Waals surface area contributed by atoms with Gasteiger partial charge in [0.25, 0.3) is 0 Å². The molecule has 5 nitrogen and oxygen atoms in total. The Hall–Kier alpha value is -1.23. The number of ether oxygens (including phenoxy) is 1. The van der Waals surface area contributed by atoms with Gasteiger partial charge in [0.05, 0.1) is 24.0 Å². The maximum absolute atomic E-state index is 5.44. The molecule has 0 aliphatic carbocycles. The molecule has 0 aromatic carbocycles. The molecule has 0 bridgehead atoms. The summed E-state index contributed by atoms with van der Waals surface area (Å²) >= 11 is 0. The molecule has 0 aliphatic rings.